The summed E-state index contributed by atoms with van der Waals surface area (Å²) < 4.78 is 30.0. The van der Waals surface area contributed by atoms with Gasteiger partial charge < -0.3 is 9.88 Å². The predicted octanol–water partition coefficient (Wildman–Crippen LogP) is 1.82. The molecule has 0 aliphatic carbocycles. The standard InChI is InChI=1S/C16H19ClN4O2S/c17-13-5-2-1-4-12(13)14-10-18-7-9-21(14)24(22,23)16-11-19-15-6-3-8-20(15)16/h1-2,4-5,11,14,18H,3,6-10H2. The Morgan fingerprint density at radius 3 is 2.92 bits per heavy atom. The molecule has 1 saturated heterocycles. The summed E-state index contributed by atoms with van der Waals surface area (Å²) in [4.78, 5) is 4.29. The van der Waals surface area contributed by atoms with Gasteiger partial charge in [-0.05, 0) is 18.1 Å². The van der Waals surface area contributed by atoms with Gasteiger partial charge in [0.25, 0.3) is 10.0 Å². The topological polar surface area (TPSA) is 67.2 Å². The highest BCUT2D eigenvalue weighted by atomic mass is 35.5. The summed E-state index contributed by atoms with van der Waals surface area (Å²) in [7, 11) is -3.62. The molecule has 1 unspecified atom stereocenters. The van der Waals surface area contributed by atoms with Crippen LogP contribution < -0.4 is 5.32 Å². The van der Waals surface area contributed by atoms with Crippen LogP contribution in [0.1, 0.15) is 23.9 Å². The Labute approximate surface area is 146 Å². The molecule has 4 rings (SSSR count). The Kier molecular flexibility index (Phi) is 4.12. The number of fused-ring (bicyclic) bond motifs is 1. The summed E-state index contributed by atoms with van der Waals surface area (Å²) in [6, 6.07) is 7.11. The van der Waals surface area contributed by atoms with Crippen LogP contribution in [0.2, 0.25) is 5.02 Å². The molecule has 24 heavy (non-hydrogen) atoms. The lowest BCUT2D eigenvalue weighted by Gasteiger charge is -2.35. The van der Waals surface area contributed by atoms with Crippen LogP contribution in [0.15, 0.2) is 35.5 Å². The van der Waals surface area contributed by atoms with E-state index in [-0.39, 0.29) is 6.04 Å². The molecule has 0 amide bonds. The van der Waals surface area contributed by atoms with E-state index in [0.717, 1.165) is 24.2 Å². The number of hydrogen-bond donors (Lipinski definition) is 1. The van der Waals surface area contributed by atoms with E-state index in [4.69, 9.17) is 11.6 Å². The molecule has 2 aliphatic rings. The van der Waals surface area contributed by atoms with E-state index in [1.54, 1.807) is 10.4 Å². The van der Waals surface area contributed by atoms with Crippen molar-refractivity contribution in [2.24, 2.45) is 0 Å². The zero-order valence-electron chi connectivity index (χ0n) is 13.2. The first-order valence-electron chi connectivity index (χ1n) is 8.10. The quantitative estimate of drug-likeness (QED) is 0.899. The van der Waals surface area contributed by atoms with E-state index in [1.165, 1.54) is 6.20 Å². The molecule has 6 nitrogen and oxygen atoms in total. The number of hydrogen-bond acceptors (Lipinski definition) is 4. The van der Waals surface area contributed by atoms with Crippen LogP contribution in [0, 0.1) is 0 Å². The molecular weight excluding hydrogens is 348 g/mol. The number of piperazine rings is 1. The first-order valence-corrected chi connectivity index (χ1v) is 9.92. The second-order valence-electron chi connectivity index (χ2n) is 6.13. The van der Waals surface area contributed by atoms with Gasteiger partial charge in [0.05, 0.1) is 12.2 Å². The lowest BCUT2D eigenvalue weighted by molar-refractivity contribution is 0.270. The first kappa shape index (κ1) is 16.1. The number of benzene rings is 1. The van der Waals surface area contributed by atoms with Crippen molar-refractivity contribution < 1.29 is 8.42 Å². The second kappa shape index (κ2) is 6.15. The molecule has 1 aromatic carbocycles. The minimum absolute atomic E-state index is 0.300. The Bertz CT molecular complexity index is 865. The normalized spacial score (nSPS) is 21.8. The summed E-state index contributed by atoms with van der Waals surface area (Å²) in [6.07, 6.45) is 3.28. The van der Waals surface area contributed by atoms with Gasteiger partial charge in [-0.1, -0.05) is 29.8 Å². The van der Waals surface area contributed by atoms with Crippen molar-refractivity contribution in [1.82, 2.24) is 19.2 Å². The van der Waals surface area contributed by atoms with Gasteiger partial charge in [-0.15, -0.1) is 0 Å². The van der Waals surface area contributed by atoms with Crippen LogP contribution in [-0.4, -0.2) is 41.9 Å². The third kappa shape index (κ3) is 2.56. The molecule has 1 atom stereocenters. The smallest absolute Gasteiger partial charge is 0.260 e. The molecule has 0 spiro atoms. The molecule has 8 heteroatoms. The number of halogens is 1. The van der Waals surface area contributed by atoms with Gasteiger partial charge in [-0.3, -0.25) is 0 Å². The number of aromatic nitrogens is 2. The number of nitrogens with one attached hydrogen (secondary N) is 1. The maximum Gasteiger partial charge on any atom is 0.260 e. The van der Waals surface area contributed by atoms with Crippen molar-refractivity contribution >= 4 is 21.6 Å². The fourth-order valence-corrected chi connectivity index (χ4v) is 5.56. The first-order chi connectivity index (χ1) is 11.6. The number of nitrogens with zero attached hydrogens (tertiary/aromatic N) is 3. The lowest BCUT2D eigenvalue weighted by Crippen LogP contribution is -2.49. The zero-order valence-corrected chi connectivity index (χ0v) is 14.7. The summed E-state index contributed by atoms with van der Waals surface area (Å²) in [6.45, 7) is 2.30. The minimum Gasteiger partial charge on any atom is -0.318 e. The summed E-state index contributed by atoms with van der Waals surface area (Å²) in [5, 5.41) is 4.16. The molecule has 0 bridgehead atoms. The van der Waals surface area contributed by atoms with Crippen LogP contribution in [0.4, 0.5) is 0 Å². The average Bonchev–Trinajstić information content (AvgIpc) is 3.18. The molecular formula is C16H19ClN4O2S. The van der Waals surface area contributed by atoms with Crippen molar-refractivity contribution in [3.63, 3.8) is 0 Å². The lowest BCUT2D eigenvalue weighted by atomic mass is 10.1. The van der Waals surface area contributed by atoms with E-state index >= 15 is 0 Å². The largest absolute Gasteiger partial charge is 0.318 e. The fraction of sp³-hybridized carbons (Fsp3) is 0.438. The van der Waals surface area contributed by atoms with Gasteiger partial charge in [0.1, 0.15) is 5.82 Å². The minimum atomic E-state index is -3.62. The molecule has 0 radical (unpaired) electrons. The highest BCUT2D eigenvalue weighted by Gasteiger charge is 2.38. The van der Waals surface area contributed by atoms with Gasteiger partial charge in [-0.25, -0.2) is 13.4 Å². The number of imidazole rings is 1. The van der Waals surface area contributed by atoms with Crippen molar-refractivity contribution in [1.29, 1.82) is 0 Å². The summed E-state index contributed by atoms with van der Waals surface area (Å²) in [5.41, 5.74) is 0.830. The van der Waals surface area contributed by atoms with E-state index in [1.807, 2.05) is 22.8 Å². The van der Waals surface area contributed by atoms with Gasteiger partial charge in [0.2, 0.25) is 0 Å². The molecule has 2 aromatic rings. The third-order valence-electron chi connectivity index (χ3n) is 4.72. The molecule has 1 aromatic heterocycles. The number of rotatable bonds is 3. The van der Waals surface area contributed by atoms with Gasteiger partial charge >= 0.3 is 0 Å². The van der Waals surface area contributed by atoms with Gasteiger partial charge in [0.15, 0.2) is 5.03 Å². The second-order valence-corrected chi connectivity index (χ2v) is 8.37. The fourth-order valence-electron chi connectivity index (χ4n) is 3.54. The van der Waals surface area contributed by atoms with E-state index < -0.39 is 10.0 Å². The zero-order chi connectivity index (χ0) is 16.7. The van der Waals surface area contributed by atoms with Crippen molar-refractivity contribution in [2.45, 2.75) is 30.5 Å². The van der Waals surface area contributed by atoms with Crippen LogP contribution in [0.5, 0.6) is 0 Å². The Morgan fingerprint density at radius 1 is 1.25 bits per heavy atom. The monoisotopic (exact) mass is 366 g/mol. The highest BCUT2D eigenvalue weighted by molar-refractivity contribution is 7.89. The predicted molar refractivity (Wildman–Crippen MR) is 91.5 cm³/mol. The average molecular weight is 367 g/mol. The van der Waals surface area contributed by atoms with Crippen molar-refractivity contribution in [2.75, 3.05) is 19.6 Å². The van der Waals surface area contributed by atoms with Gasteiger partial charge in [0, 0.05) is 37.6 Å². The molecule has 3 heterocycles. The van der Waals surface area contributed by atoms with E-state index in [0.29, 0.717) is 36.2 Å². The maximum absolute atomic E-state index is 13.3. The van der Waals surface area contributed by atoms with E-state index in [9.17, 15) is 8.42 Å². The number of sulfonamides is 1. The third-order valence-corrected chi connectivity index (χ3v) is 6.97. The van der Waals surface area contributed by atoms with Crippen LogP contribution >= 0.6 is 11.6 Å². The van der Waals surface area contributed by atoms with Crippen molar-refractivity contribution in [3.8, 4) is 0 Å². The van der Waals surface area contributed by atoms with Gasteiger partial charge in [-0.2, -0.15) is 4.31 Å². The molecule has 0 saturated carbocycles. The Morgan fingerprint density at radius 2 is 2.08 bits per heavy atom. The van der Waals surface area contributed by atoms with Crippen molar-refractivity contribution in [3.05, 3.63) is 46.9 Å². The molecule has 1 N–H and O–H groups in total. The molecule has 128 valence electrons. The maximum atomic E-state index is 13.3. The molecule has 1 fully saturated rings. The van der Waals surface area contributed by atoms with Crippen LogP contribution in [0.25, 0.3) is 0 Å². The van der Waals surface area contributed by atoms with Crippen LogP contribution in [-0.2, 0) is 23.0 Å². The Balaban J connectivity index is 1.76. The highest BCUT2D eigenvalue weighted by Crippen LogP contribution is 2.33. The summed E-state index contributed by atoms with van der Waals surface area (Å²) in [5.74, 6) is 0.859. The SMILES string of the molecule is O=S(=O)(c1cnc2n1CCC2)N1CCNCC1c1ccccc1Cl. The Hall–Kier alpha value is -1.41. The van der Waals surface area contributed by atoms with Crippen LogP contribution in [0.3, 0.4) is 0 Å². The number of aryl methyl sites for hydroxylation is 1. The summed E-state index contributed by atoms with van der Waals surface area (Å²) >= 11 is 6.32. The van der Waals surface area contributed by atoms with E-state index in [2.05, 4.69) is 10.3 Å². The molecule has 2 aliphatic heterocycles.